The van der Waals surface area contributed by atoms with Gasteiger partial charge in [0.1, 0.15) is 5.60 Å². The smallest absolute Gasteiger partial charge is 0.106 e. The quantitative estimate of drug-likeness (QED) is 0.563. The van der Waals surface area contributed by atoms with Gasteiger partial charge in [0.05, 0.1) is 19.3 Å². The molecule has 1 aliphatic rings. The molecule has 1 rings (SSSR count). The van der Waals surface area contributed by atoms with Crippen molar-refractivity contribution in [3.05, 3.63) is 0 Å². The van der Waals surface area contributed by atoms with Gasteiger partial charge in [0.15, 0.2) is 0 Å². The van der Waals surface area contributed by atoms with E-state index in [9.17, 15) is 5.11 Å². The molecule has 0 bridgehead atoms. The molecule has 5 nitrogen and oxygen atoms in total. The first-order chi connectivity index (χ1) is 8.72. The molecule has 0 aromatic heterocycles. The highest BCUT2D eigenvalue weighted by atomic mass is 16.5. The monoisotopic (exact) mass is 261 g/mol. The van der Waals surface area contributed by atoms with Crippen molar-refractivity contribution < 1.29 is 19.3 Å². The SMILES string of the molecule is CCCCOCC(O)CNCC1(OC)CCOC1. The van der Waals surface area contributed by atoms with E-state index >= 15 is 0 Å². The number of nitrogens with one attached hydrogen (secondary N) is 1. The van der Waals surface area contributed by atoms with Crippen molar-refractivity contribution in [3.63, 3.8) is 0 Å². The van der Waals surface area contributed by atoms with Gasteiger partial charge in [-0.3, -0.25) is 0 Å². The van der Waals surface area contributed by atoms with E-state index in [4.69, 9.17) is 14.2 Å². The summed E-state index contributed by atoms with van der Waals surface area (Å²) in [7, 11) is 1.71. The Morgan fingerprint density at radius 1 is 1.50 bits per heavy atom. The van der Waals surface area contributed by atoms with E-state index in [1.165, 1.54) is 0 Å². The molecular weight excluding hydrogens is 234 g/mol. The molecule has 1 fully saturated rings. The zero-order valence-electron chi connectivity index (χ0n) is 11.6. The Morgan fingerprint density at radius 2 is 2.33 bits per heavy atom. The molecule has 2 atom stereocenters. The van der Waals surface area contributed by atoms with Gasteiger partial charge in [-0.05, 0) is 6.42 Å². The summed E-state index contributed by atoms with van der Waals surface area (Å²) in [4.78, 5) is 0. The van der Waals surface area contributed by atoms with Crippen LogP contribution in [0.15, 0.2) is 0 Å². The molecule has 5 heteroatoms. The van der Waals surface area contributed by atoms with Crippen LogP contribution in [0.3, 0.4) is 0 Å². The molecule has 0 amide bonds. The summed E-state index contributed by atoms with van der Waals surface area (Å²) in [6, 6.07) is 0. The number of aliphatic hydroxyl groups is 1. The topological polar surface area (TPSA) is 60.0 Å². The van der Waals surface area contributed by atoms with Gasteiger partial charge in [0.25, 0.3) is 0 Å². The van der Waals surface area contributed by atoms with Crippen molar-refractivity contribution in [3.8, 4) is 0 Å². The third-order valence-electron chi connectivity index (χ3n) is 3.28. The lowest BCUT2D eigenvalue weighted by atomic mass is 10.0. The molecule has 0 aromatic rings. The lowest BCUT2D eigenvalue weighted by molar-refractivity contribution is -0.0199. The van der Waals surface area contributed by atoms with Crippen molar-refractivity contribution in [1.82, 2.24) is 5.32 Å². The predicted octanol–water partition coefficient (Wildman–Crippen LogP) is 0.559. The van der Waals surface area contributed by atoms with Crippen molar-refractivity contribution in [2.75, 3.05) is 46.6 Å². The van der Waals surface area contributed by atoms with Crippen LogP contribution in [0.2, 0.25) is 0 Å². The highest BCUT2D eigenvalue weighted by molar-refractivity contribution is 4.87. The van der Waals surface area contributed by atoms with E-state index in [0.717, 1.165) is 32.5 Å². The van der Waals surface area contributed by atoms with Crippen LogP contribution < -0.4 is 5.32 Å². The third-order valence-corrected chi connectivity index (χ3v) is 3.28. The lowest BCUT2D eigenvalue weighted by Gasteiger charge is -2.26. The molecule has 18 heavy (non-hydrogen) atoms. The Hall–Kier alpha value is -0.200. The summed E-state index contributed by atoms with van der Waals surface area (Å²) in [6.07, 6.45) is 2.60. The zero-order chi connectivity index (χ0) is 13.3. The van der Waals surface area contributed by atoms with Gasteiger partial charge in [-0.15, -0.1) is 0 Å². The molecular formula is C13H27NO4. The largest absolute Gasteiger partial charge is 0.389 e. The Labute approximate surface area is 110 Å². The van der Waals surface area contributed by atoms with Crippen LogP contribution in [0.4, 0.5) is 0 Å². The van der Waals surface area contributed by atoms with Crippen LogP contribution in [0.5, 0.6) is 0 Å². The average molecular weight is 261 g/mol. The second-order valence-electron chi connectivity index (χ2n) is 4.90. The maximum absolute atomic E-state index is 9.72. The molecule has 1 saturated heterocycles. The van der Waals surface area contributed by atoms with Crippen molar-refractivity contribution in [1.29, 1.82) is 0 Å². The average Bonchev–Trinajstić information content (AvgIpc) is 2.84. The number of methoxy groups -OCH3 is 1. The van der Waals surface area contributed by atoms with Crippen LogP contribution in [-0.4, -0.2) is 63.4 Å². The number of unbranched alkanes of at least 4 members (excludes halogenated alkanes) is 1. The number of rotatable bonds is 10. The van der Waals surface area contributed by atoms with Crippen LogP contribution >= 0.6 is 0 Å². The Bertz CT molecular complexity index is 207. The molecule has 0 aliphatic carbocycles. The van der Waals surface area contributed by atoms with Gasteiger partial charge in [-0.2, -0.15) is 0 Å². The van der Waals surface area contributed by atoms with E-state index in [1.54, 1.807) is 7.11 Å². The van der Waals surface area contributed by atoms with Gasteiger partial charge in [-0.1, -0.05) is 13.3 Å². The van der Waals surface area contributed by atoms with E-state index in [2.05, 4.69) is 12.2 Å². The summed E-state index contributed by atoms with van der Waals surface area (Å²) >= 11 is 0. The summed E-state index contributed by atoms with van der Waals surface area (Å²) in [5.74, 6) is 0. The second-order valence-corrected chi connectivity index (χ2v) is 4.90. The number of hydrogen-bond donors (Lipinski definition) is 2. The third kappa shape index (κ3) is 5.63. The summed E-state index contributed by atoms with van der Waals surface area (Å²) < 4.78 is 16.2. The fourth-order valence-corrected chi connectivity index (χ4v) is 1.95. The molecule has 0 spiro atoms. The molecule has 0 saturated carbocycles. The van der Waals surface area contributed by atoms with Gasteiger partial charge in [-0.25, -0.2) is 0 Å². The van der Waals surface area contributed by atoms with Crippen LogP contribution in [0, 0.1) is 0 Å². The molecule has 2 unspecified atom stereocenters. The lowest BCUT2D eigenvalue weighted by Crippen LogP contribution is -2.45. The van der Waals surface area contributed by atoms with Gasteiger partial charge >= 0.3 is 0 Å². The fourth-order valence-electron chi connectivity index (χ4n) is 1.95. The highest BCUT2D eigenvalue weighted by Gasteiger charge is 2.34. The first-order valence-electron chi connectivity index (χ1n) is 6.82. The first kappa shape index (κ1) is 15.9. The Balaban J connectivity index is 2.05. The van der Waals surface area contributed by atoms with Crippen molar-refractivity contribution >= 4 is 0 Å². The maximum atomic E-state index is 9.72. The summed E-state index contributed by atoms with van der Waals surface area (Å²) in [5.41, 5.74) is -0.219. The van der Waals surface area contributed by atoms with Crippen LogP contribution in [-0.2, 0) is 14.2 Å². The molecule has 1 heterocycles. The van der Waals surface area contributed by atoms with Gasteiger partial charge in [0, 0.05) is 39.8 Å². The van der Waals surface area contributed by atoms with E-state index in [1.807, 2.05) is 0 Å². The summed E-state index contributed by atoms with van der Waals surface area (Å²) in [5, 5.41) is 12.9. The Kier molecular flexibility index (Phi) is 7.77. The molecule has 1 aliphatic heterocycles. The van der Waals surface area contributed by atoms with Crippen LogP contribution in [0.25, 0.3) is 0 Å². The van der Waals surface area contributed by atoms with E-state index in [-0.39, 0.29) is 5.60 Å². The highest BCUT2D eigenvalue weighted by Crippen LogP contribution is 2.21. The minimum atomic E-state index is -0.460. The fraction of sp³-hybridized carbons (Fsp3) is 1.00. The van der Waals surface area contributed by atoms with Gasteiger partial charge < -0.3 is 24.6 Å². The normalized spacial score (nSPS) is 25.5. The van der Waals surface area contributed by atoms with Crippen molar-refractivity contribution in [2.45, 2.75) is 37.9 Å². The molecule has 0 radical (unpaired) electrons. The Morgan fingerprint density at radius 3 is 2.94 bits per heavy atom. The minimum Gasteiger partial charge on any atom is -0.389 e. The molecule has 2 N–H and O–H groups in total. The second kappa shape index (κ2) is 8.82. The predicted molar refractivity (Wildman–Crippen MR) is 69.8 cm³/mol. The minimum absolute atomic E-state index is 0.219. The molecule has 0 aromatic carbocycles. The van der Waals surface area contributed by atoms with Crippen molar-refractivity contribution in [2.24, 2.45) is 0 Å². The van der Waals surface area contributed by atoms with E-state index in [0.29, 0.717) is 26.3 Å². The maximum Gasteiger partial charge on any atom is 0.106 e. The number of hydrogen-bond acceptors (Lipinski definition) is 5. The first-order valence-corrected chi connectivity index (χ1v) is 6.82. The standard InChI is InChI=1S/C13H27NO4/c1-3-4-6-17-9-12(15)8-14-10-13(16-2)5-7-18-11-13/h12,14-15H,3-11H2,1-2H3. The van der Waals surface area contributed by atoms with E-state index < -0.39 is 6.10 Å². The molecule has 108 valence electrons. The summed E-state index contributed by atoms with van der Waals surface area (Å²) in [6.45, 7) is 5.84. The number of ether oxygens (including phenoxy) is 3. The van der Waals surface area contributed by atoms with Crippen LogP contribution in [0.1, 0.15) is 26.2 Å². The van der Waals surface area contributed by atoms with Gasteiger partial charge in [0.2, 0.25) is 0 Å². The zero-order valence-corrected chi connectivity index (χ0v) is 11.6. The number of aliphatic hydroxyl groups excluding tert-OH is 1.